The van der Waals surface area contributed by atoms with Crippen LogP contribution in [0.3, 0.4) is 0 Å². The second-order valence-corrected chi connectivity index (χ2v) is 9.63. The summed E-state index contributed by atoms with van der Waals surface area (Å²) in [6.45, 7) is 4.42. The molecular weight excluding hydrogens is 496 g/mol. The average molecular weight is 535 g/mol. The van der Waals surface area contributed by atoms with Crippen LogP contribution < -0.4 is 16.0 Å². The summed E-state index contributed by atoms with van der Waals surface area (Å²) in [5.74, 6) is -4.85. The summed E-state index contributed by atoms with van der Waals surface area (Å²) in [6.07, 6.45) is 0.857. The maximum absolute atomic E-state index is 13.1. The third-order valence-electron chi connectivity index (χ3n) is 6.38. The maximum atomic E-state index is 13.1. The molecule has 5 N–H and O–H groups in total. The Morgan fingerprint density at radius 3 is 2.29 bits per heavy atom. The molecule has 0 radical (unpaired) electrons. The van der Waals surface area contributed by atoms with Gasteiger partial charge in [-0.3, -0.25) is 24.0 Å². The van der Waals surface area contributed by atoms with Gasteiger partial charge in [-0.15, -0.1) is 0 Å². The first kappa shape index (κ1) is 30.7. The lowest BCUT2D eigenvalue weighted by Crippen LogP contribution is -2.58. The number of nitrogens with one attached hydrogen (secondary N) is 3. The Bertz CT molecular complexity index is 995. The molecule has 38 heavy (non-hydrogen) atoms. The molecule has 0 unspecified atom stereocenters. The molecule has 210 valence electrons. The monoisotopic (exact) mass is 534 g/mol. The lowest BCUT2D eigenvalue weighted by Gasteiger charge is -2.32. The number of amides is 4. The van der Waals surface area contributed by atoms with Crippen molar-refractivity contribution < 1.29 is 38.9 Å². The summed E-state index contributed by atoms with van der Waals surface area (Å²) in [4.78, 5) is 63.2. The minimum Gasteiger partial charge on any atom is -0.469 e. The third-order valence-corrected chi connectivity index (χ3v) is 6.38. The Hall–Kier alpha value is -3.51. The first-order valence-corrected chi connectivity index (χ1v) is 12.6. The van der Waals surface area contributed by atoms with Gasteiger partial charge in [0, 0.05) is 13.0 Å². The lowest BCUT2D eigenvalue weighted by atomic mass is 9.99. The molecule has 12 nitrogen and oxygen atoms in total. The molecular formula is C26H38N4O8. The number of ether oxygens (including phenoxy) is 1. The van der Waals surface area contributed by atoms with Crippen LogP contribution in [0.4, 0.5) is 0 Å². The van der Waals surface area contributed by atoms with Gasteiger partial charge in [-0.25, -0.2) is 0 Å². The molecule has 1 aliphatic rings. The van der Waals surface area contributed by atoms with E-state index in [1.807, 2.05) is 30.3 Å². The van der Waals surface area contributed by atoms with Gasteiger partial charge in [-0.05, 0) is 45.6 Å². The summed E-state index contributed by atoms with van der Waals surface area (Å²) in [7, 11) is 1.21. The third kappa shape index (κ3) is 9.10. The zero-order valence-electron chi connectivity index (χ0n) is 22.2. The molecule has 0 bridgehead atoms. The Morgan fingerprint density at radius 2 is 1.68 bits per heavy atom. The van der Waals surface area contributed by atoms with E-state index in [0.717, 1.165) is 5.56 Å². The SMILES string of the molecule is COC(=O)CCC(=O)N[C@@H](C)C(=O)N[C@@H](C)C(=O)N1CCC[C@H]1C(=O)N[C@@H](Cc1ccccc1)C(C)(O)O. The standard InChI is InChI=1S/C26H38N4O8/c1-16(27-21(31)12-13-22(32)38-4)23(33)28-17(2)25(35)30-14-8-11-19(30)24(34)29-20(26(3,36)37)15-18-9-6-5-7-10-18/h5-7,9-10,16-17,19-20,36-37H,8,11-15H2,1-4H3,(H,27,31)(H,28,33)(H,29,34)/t16-,17-,19-,20-/m0/s1. The van der Waals surface area contributed by atoms with Gasteiger partial charge in [0.25, 0.3) is 0 Å². The van der Waals surface area contributed by atoms with Crippen LogP contribution in [-0.4, -0.2) is 88.3 Å². The van der Waals surface area contributed by atoms with Crippen molar-refractivity contribution in [2.24, 2.45) is 0 Å². The van der Waals surface area contributed by atoms with E-state index in [4.69, 9.17) is 0 Å². The largest absolute Gasteiger partial charge is 0.469 e. The number of carbonyl (C=O) groups excluding carboxylic acids is 5. The molecule has 1 saturated heterocycles. The second-order valence-electron chi connectivity index (χ2n) is 9.63. The highest BCUT2D eigenvalue weighted by molar-refractivity contribution is 5.94. The molecule has 12 heteroatoms. The highest BCUT2D eigenvalue weighted by Crippen LogP contribution is 2.20. The number of methoxy groups -OCH3 is 1. The van der Waals surface area contributed by atoms with E-state index in [1.165, 1.54) is 32.8 Å². The Labute approximate surface area is 222 Å². The van der Waals surface area contributed by atoms with Crippen LogP contribution >= 0.6 is 0 Å². The second kappa shape index (κ2) is 13.9. The smallest absolute Gasteiger partial charge is 0.306 e. The average Bonchev–Trinajstić information content (AvgIpc) is 3.36. The van der Waals surface area contributed by atoms with Crippen molar-refractivity contribution in [2.45, 2.75) is 82.8 Å². The predicted molar refractivity (Wildman–Crippen MR) is 136 cm³/mol. The predicted octanol–water partition coefficient (Wildman–Crippen LogP) is -0.632. The lowest BCUT2D eigenvalue weighted by molar-refractivity contribution is -0.172. The van der Waals surface area contributed by atoms with E-state index in [9.17, 15) is 34.2 Å². The quantitative estimate of drug-likeness (QED) is 0.174. The van der Waals surface area contributed by atoms with Gasteiger partial charge in [0.15, 0.2) is 5.79 Å². The van der Waals surface area contributed by atoms with Gasteiger partial charge < -0.3 is 35.8 Å². The molecule has 2 rings (SSSR count). The molecule has 4 amide bonds. The maximum Gasteiger partial charge on any atom is 0.306 e. The highest BCUT2D eigenvalue weighted by atomic mass is 16.5. The van der Waals surface area contributed by atoms with Crippen molar-refractivity contribution >= 4 is 29.6 Å². The van der Waals surface area contributed by atoms with Crippen LogP contribution in [0.1, 0.15) is 52.0 Å². The Morgan fingerprint density at radius 1 is 1.03 bits per heavy atom. The molecule has 0 aromatic heterocycles. The van der Waals surface area contributed by atoms with E-state index in [-0.39, 0.29) is 19.3 Å². The van der Waals surface area contributed by atoms with Gasteiger partial charge >= 0.3 is 5.97 Å². The molecule has 0 aliphatic carbocycles. The zero-order chi connectivity index (χ0) is 28.5. The molecule has 1 heterocycles. The van der Waals surface area contributed by atoms with E-state index in [2.05, 4.69) is 20.7 Å². The van der Waals surface area contributed by atoms with E-state index < -0.39 is 59.6 Å². The van der Waals surface area contributed by atoms with Gasteiger partial charge in [0.2, 0.25) is 23.6 Å². The van der Waals surface area contributed by atoms with E-state index >= 15 is 0 Å². The number of esters is 1. The topological polar surface area (TPSA) is 174 Å². The number of aliphatic hydroxyl groups is 2. The molecule has 0 spiro atoms. The van der Waals surface area contributed by atoms with Gasteiger partial charge in [0.1, 0.15) is 18.1 Å². The fraction of sp³-hybridized carbons (Fsp3) is 0.577. The van der Waals surface area contributed by atoms with Crippen LogP contribution in [0.25, 0.3) is 0 Å². The highest BCUT2D eigenvalue weighted by Gasteiger charge is 2.39. The normalized spacial score (nSPS) is 17.6. The number of nitrogens with zero attached hydrogens (tertiary/aromatic N) is 1. The summed E-state index contributed by atoms with van der Waals surface area (Å²) < 4.78 is 4.48. The fourth-order valence-corrected chi connectivity index (χ4v) is 4.15. The summed E-state index contributed by atoms with van der Waals surface area (Å²) >= 11 is 0. The van der Waals surface area contributed by atoms with Crippen molar-refractivity contribution in [3.63, 3.8) is 0 Å². The van der Waals surface area contributed by atoms with E-state index in [0.29, 0.717) is 19.4 Å². The van der Waals surface area contributed by atoms with Crippen LogP contribution in [0.15, 0.2) is 30.3 Å². The zero-order valence-corrected chi connectivity index (χ0v) is 22.2. The number of benzene rings is 1. The Kier molecular flexibility index (Phi) is 11.2. The number of likely N-dealkylation sites (tertiary alicyclic amines) is 1. The number of rotatable bonds is 12. The van der Waals surface area contributed by atoms with Crippen LogP contribution in [-0.2, 0) is 35.1 Å². The molecule has 4 atom stereocenters. The fourth-order valence-electron chi connectivity index (χ4n) is 4.15. The van der Waals surface area contributed by atoms with Crippen LogP contribution in [0, 0.1) is 0 Å². The van der Waals surface area contributed by atoms with Crippen molar-refractivity contribution in [3.05, 3.63) is 35.9 Å². The van der Waals surface area contributed by atoms with Gasteiger partial charge in [-0.2, -0.15) is 0 Å². The minimum absolute atomic E-state index is 0.123. The summed E-state index contributed by atoms with van der Waals surface area (Å²) in [6, 6.07) is 5.27. The van der Waals surface area contributed by atoms with Gasteiger partial charge in [-0.1, -0.05) is 30.3 Å². The molecule has 1 fully saturated rings. The Balaban J connectivity index is 1.96. The van der Waals surface area contributed by atoms with Crippen molar-refractivity contribution in [3.8, 4) is 0 Å². The first-order chi connectivity index (χ1) is 17.8. The minimum atomic E-state index is -2.20. The van der Waals surface area contributed by atoms with Crippen molar-refractivity contribution in [1.82, 2.24) is 20.9 Å². The molecule has 1 aromatic rings. The number of carbonyl (C=O) groups is 5. The number of hydrogen-bond donors (Lipinski definition) is 5. The first-order valence-electron chi connectivity index (χ1n) is 12.6. The summed E-state index contributed by atoms with van der Waals surface area (Å²) in [5, 5.41) is 28.2. The molecule has 0 saturated carbocycles. The molecule has 1 aromatic carbocycles. The molecule has 1 aliphatic heterocycles. The van der Waals surface area contributed by atoms with Crippen LogP contribution in [0.2, 0.25) is 0 Å². The summed E-state index contributed by atoms with van der Waals surface area (Å²) in [5.41, 5.74) is 0.800. The van der Waals surface area contributed by atoms with Crippen LogP contribution in [0.5, 0.6) is 0 Å². The van der Waals surface area contributed by atoms with Gasteiger partial charge in [0.05, 0.1) is 19.6 Å². The van der Waals surface area contributed by atoms with E-state index in [1.54, 1.807) is 0 Å². The number of hydrogen-bond acceptors (Lipinski definition) is 8. The van der Waals surface area contributed by atoms with Crippen molar-refractivity contribution in [1.29, 1.82) is 0 Å². The van der Waals surface area contributed by atoms with Crippen molar-refractivity contribution in [2.75, 3.05) is 13.7 Å².